The van der Waals surface area contributed by atoms with Crippen molar-refractivity contribution in [3.63, 3.8) is 0 Å². The molecule has 1 atom stereocenters. The van der Waals surface area contributed by atoms with Crippen molar-refractivity contribution >= 4 is 22.2 Å². The zero-order chi connectivity index (χ0) is 15.5. The van der Waals surface area contributed by atoms with Gasteiger partial charge in [0.05, 0.1) is 18.3 Å². The molecule has 1 saturated heterocycles. The molecule has 3 rings (SSSR count). The van der Waals surface area contributed by atoms with Gasteiger partial charge in [-0.3, -0.25) is 9.69 Å². The summed E-state index contributed by atoms with van der Waals surface area (Å²) in [5, 5.41) is 13.0. The quantitative estimate of drug-likeness (QED) is 0.923. The fraction of sp³-hybridized carbons (Fsp3) is 0.625. The Hall–Kier alpha value is -1.42. The largest absolute Gasteiger partial charge is 0.376 e. The van der Waals surface area contributed by atoms with Crippen molar-refractivity contribution in [2.75, 3.05) is 31.6 Å². The van der Waals surface area contributed by atoms with Crippen LogP contribution in [-0.4, -0.2) is 43.2 Å². The second kappa shape index (κ2) is 6.78. The van der Waals surface area contributed by atoms with Crippen LogP contribution in [-0.2, 0) is 22.4 Å². The number of rotatable bonds is 4. The molecular formula is C16H21N3O2S. The maximum Gasteiger partial charge on any atom is 0.226 e. The van der Waals surface area contributed by atoms with Gasteiger partial charge in [-0.2, -0.15) is 5.26 Å². The highest BCUT2D eigenvalue weighted by atomic mass is 32.1. The van der Waals surface area contributed by atoms with Gasteiger partial charge in [0, 0.05) is 30.9 Å². The van der Waals surface area contributed by atoms with Crippen molar-refractivity contribution in [3.8, 4) is 6.07 Å². The van der Waals surface area contributed by atoms with E-state index in [0.717, 1.165) is 56.1 Å². The van der Waals surface area contributed by atoms with Crippen LogP contribution in [0.4, 0.5) is 5.00 Å². The fourth-order valence-electron chi connectivity index (χ4n) is 3.15. The first kappa shape index (κ1) is 15.5. The van der Waals surface area contributed by atoms with Crippen molar-refractivity contribution in [2.45, 2.75) is 38.7 Å². The molecule has 118 valence electrons. The third-order valence-electron chi connectivity index (χ3n) is 4.27. The van der Waals surface area contributed by atoms with Gasteiger partial charge in [0.15, 0.2) is 0 Å². The van der Waals surface area contributed by atoms with E-state index in [-0.39, 0.29) is 12.0 Å². The number of anilines is 1. The van der Waals surface area contributed by atoms with Crippen molar-refractivity contribution in [2.24, 2.45) is 0 Å². The highest BCUT2D eigenvalue weighted by Gasteiger charge is 2.23. The Morgan fingerprint density at radius 2 is 2.41 bits per heavy atom. The Labute approximate surface area is 134 Å². The van der Waals surface area contributed by atoms with Crippen LogP contribution in [0.3, 0.4) is 0 Å². The summed E-state index contributed by atoms with van der Waals surface area (Å²) in [5.41, 5.74) is 1.84. The second-order valence-electron chi connectivity index (χ2n) is 5.95. The molecule has 1 N–H and O–H groups in total. The number of aryl methyl sites for hydroxylation is 1. The van der Waals surface area contributed by atoms with Crippen molar-refractivity contribution < 1.29 is 9.53 Å². The molecule has 1 aliphatic heterocycles. The highest BCUT2D eigenvalue weighted by Crippen LogP contribution is 2.38. The number of hydrogen-bond acceptors (Lipinski definition) is 5. The van der Waals surface area contributed by atoms with Gasteiger partial charge in [0.2, 0.25) is 5.91 Å². The molecular weight excluding hydrogens is 298 g/mol. The van der Waals surface area contributed by atoms with Gasteiger partial charge in [-0.25, -0.2) is 0 Å². The molecule has 6 heteroatoms. The van der Waals surface area contributed by atoms with Gasteiger partial charge in [-0.05, 0) is 31.7 Å². The van der Waals surface area contributed by atoms with Gasteiger partial charge < -0.3 is 10.1 Å². The number of amides is 1. The number of nitrogens with one attached hydrogen (secondary N) is 1. The average molecular weight is 319 g/mol. The summed E-state index contributed by atoms with van der Waals surface area (Å²) < 4.78 is 5.50. The van der Waals surface area contributed by atoms with Crippen LogP contribution in [0.15, 0.2) is 0 Å². The Bertz CT molecular complexity index is 605. The number of nitrogens with zero attached hydrogens (tertiary/aromatic N) is 2. The molecule has 1 unspecified atom stereocenters. The van der Waals surface area contributed by atoms with Gasteiger partial charge in [0.1, 0.15) is 11.1 Å². The summed E-state index contributed by atoms with van der Waals surface area (Å²) in [5.74, 6) is -0.00410. The number of ether oxygens (including phenoxy) is 1. The SMILES string of the molecule is CC1CN(CCC(=O)Nc2sc3c(c2C#N)CCC3)CCO1. The number of fused-ring (bicyclic) bond motifs is 1. The summed E-state index contributed by atoms with van der Waals surface area (Å²) in [7, 11) is 0. The zero-order valence-corrected chi connectivity index (χ0v) is 13.7. The number of nitriles is 1. The Morgan fingerprint density at radius 1 is 1.55 bits per heavy atom. The molecule has 1 aromatic rings. The number of hydrogen-bond donors (Lipinski definition) is 1. The minimum Gasteiger partial charge on any atom is -0.376 e. The Morgan fingerprint density at radius 3 is 3.18 bits per heavy atom. The first-order valence-electron chi connectivity index (χ1n) is 7.86. The van der Waals surface area contributed by atoms with E-state index in [2.05, 4.69) is 23.2 Å². The minimum absolute atomic E-state index is 0.00410. The predicted molar refractivity (Wildman–Crippen MR) is 86.2 cm³/mol. The Balaban J connectivity index is 1.55. The molecule has 5 nitrogen and oxygen atoms in total. The van der Waals surface area contributed by atoms with E-state index in [4.69, 9.17) is 4.74 Å². The van der Waals surface area contributed by atoms with Crippen LogP contribution >= 0.6 is 11.3 Å². The van der Waals surface area contributed by atoms with E-state index in [1.807, 2.05) is 0 Å². The van der Waals surface area contributed by atoms with Gasteiger partial charge in [-0.1, -0.05) is 0 Å². The Kier molecular flexibility index (Phi) is 4.77. The van der Waals surface area contributed by atoms with Crippen LogP contribution in [0.5, 0.6) is 0 Å². The molecule has 0 bridgehead atoms. The topological polar surface area (TPSA) is 65.4 Å². The maximum atomic E-state index is 12.2. The van der Waals surface area contributed by atoms with Crippen LogP contribution in [0.1, 0.15) is 35.8 Å². The van der Waals surface area contributed by atoms with Gasteiger partial charge >= 0.3 is 0 Å². The highest BCUT2D eigenvalue weighted by molar-refractivity contribution is 7.16. The summed E-state index contributed by atoms with van der Waals surface area (Å²) in [4.78, 5) is 15.7. The van der Waals surface area contributed by atoms with E-state index in [1.165, 1.54) is 4.88 Å². The molecule has 1 aliphatic carbocycles. The fourth-order valence-corrected chi connectivity index (χ4v) is 4.41. The molecule has 1 aromatic heterocycles. The van der Waals surface area contributed by atoms with E-state index >= 15 is 0 Å². The molecule has 0 saturated carbocycles. The van der Waals surface area contributed by atoms with E-state index in [1.54, 1.807) is 11.3 Å². The van der Waals surface area contributed by atoms with Crippen molar-refractivity contribution in [1.29, 1.82) is 5.26 Å². The molecule has 1 amide bonds. The standard InChI is InChI=1S/C16H21N3O2S/c1-11-10-19(7-8-21-11)6-5-15(20)18-16-13(9-17)12-3-2-4-14(12)22-16/h11H,2-8,10H2,1H3,(H,18,20). The zero-order valence-electron chi connectivity index (χ0n) is 12.9. The third kappa shape index (κ3) is 3.32. The van der Waals surface area contributed by atoms with Crippen LogP contribution in [0, 0.1) is 11.3 Å². The lowest BCUT2D eigenvalue weighted by molar-refractivity contribution is -0.117. The minimum atomic E-state index is -0.00410. The lowest BCUT2D eigenvalue weighted by Crippen LogP contribution is -2.42. The molecule has 0 aromatic carbocycles. The van der Waals surface area contributed by atoms with E-state index < -0.39 is 0 Å². The summed E-state index contributed by atoms with van der Waals surface area (Å²) >= 11 is 1.58. The molecule has 2 aliphatic rings. The molecule has 0 spiro atoms. The summed E-state index contributed by atoms with van der Waals surface area (Å²) in [6.07, 6.45) is 3.83. The lowest BCUT2D eigenvalue weighted by Gasteiger charge is -2.30. The number of thiophene rings is 1. The monoisotopic (exact) mass is 319 g/mol. The second-order valence-corrected chi connectivity index (χ2v) is 7.06. The van der Waals surface area contributed by atoms with Crippen LogP contribution < -0.4 is 5.32 Å². The molecule has 1 fully saturated rings. The first-order valence-corrected chi connectivity index (χ1v) is 8.67. The lowest BCUT2D eigenvalue weighted by atomic mass is 10.1. The number of carbonyl (C=O) groups is 1. The maximum absolute atomic E-state index is 12.2. The van der Waals surface area contributed by atoms with Crippen molar-refractivity contribution in [1.82, 2.24) is 4.90 Å². The van der Waals surface area contributed by atoms with Crippen LogP contribution in [0.25, 0.3) is 0 Å². The van der Waals surface area contributed by atoms with E-state index in [0.29, 0.717) is 12.0 Å². The van der Waals surface area contributed by atoms with Crippen molar-refractivity contribution in [3.05, 3.63) is 16.0 Å². The van der Waals surface area contributed by atoms with Crippen LogP contribution in [0.2, 0.25) is 0 Å². The first-order chi connectivity index (χ1) is 10.7. The smallest absolute Gasteiger partial charge is 0.226 e. The molecule has 2 heterocycles. The number of carbonyl (C=O) groups excluding carboxylic acids is 1. The third-order valence-corrected chi connectivity index (χ3v) is 5.47. The van der Waals surface area contributed by atoms with Gasteiger partial charge in [0.25, 0.3) is 0 Å². The molecule has 0 radical (unpaired) electrons. The average Bonchev–Trinajstić information content (AvgIpc) is 3.05. The van der Waals surface area contributed by atoms with E-state index in [9.17, 15) is 10.1 Å². The number of morpholine rings is 1. The normalized spacial score (nSPS) is 21.4. The predicted octanol–water partition coefficient (Wildman–Crippen LogP) is 2.16. The van der Waals surface area contributed by atoms with Gasteiger partial charge in [-0.15, -0.1) is 11.3 Å². The summed E-state index contributed by atoms with van der Waals surface area (Å²) in [6, 6.07) is 2.26. The summed E-state index contributed by atoms with van der Waals surface area (Å²) in [6.45, 7) is 5.29. The molecule has 22 heavy (non-hydrogen) atoms.